The molecule has 1 spiro atoms. The zero-order chi connectivity index (χ0) is 57.0. The second-order valence-electron chi connectivity index (χ2n) is 23.7. The van der Waals surface area contributed by atoms with Crippen LogP contribution in [0.4, 0.5) is 17.1 Å². The lowest BCUT2D eigenvalue weighted by Crippen LogP contribution is -2.33. The Balaban J connectivity index is 0.830. The fraction of sp³-hybridized carbons (Fsp3) is 0.0238. The second-order valence-corrected chi connectivity index (χ2v) is 23.7. The predicted octanol–water partition coefficient (Wildman–Crippen LogP) is 21.7. The van der Waals surface area contributed by atoms with E-state index < -0.39 is 10.8 Å². The molecule has 14 aromatic carbocycles. The summed E-state index contributed by atoms with van der Waals surface area (Å²) < 4.78 is 9.16. The topological polar surface area (TPSA) is 21.3 Å². The van der Waals surface area contributed by atoms with Gasteiger partial charge in [-0.25, -0.2) is 0 Å². The maximum Gasteiger partial charge on any atom is 0.143 e. The predicted molar refractivity (Wildman–Crippen MR) is 359 cm³/mol. The largest absolute Gasteiger partial charge is 0.455 e. The lowest BCUT2D eigenvalue weighted by atomic mass is 9.65. The molecule has 404 valence electrons. The average Bonchev–Trinajstić information content (AvgIpc) is 1.56. The van der Waals surface area contributed by atoms with E-state index in [0.717, 1.165) is 55.5 Å². The fourth-order valence-electron chi connectivity index (χ4n) is 16.2. The molecule has 3 nitrogen and oxygen atoms in total. The van der Waals surface area contributed by atoms with Crippen LogP contribution in [0.15, 0.2) is 320 Å². The van der Waals surface area contributed by atoms with Gasteiger partial charge in [-0.1, -0.05) is 261 Å². The SMILES string of the molecule is c1ccc(C2(c3ccccc3)c3ccccc3-c3ccc(N(c4ccc(-c5cccc6c5oc5ccccc56)cc4)c4ccc(-c5ccc6c(c5)C5(c7ccccc7-6)c6ccccc6-n6c7ccccc7c7cccc5c76)c5ccccc45)cc32)cc1. The zero-order valence-corrected chi connectivity index (χ0v) is 47.3. The van der Waals surface area contributed by atoms with Crippen molar-refractivity contribution < 1.29 is 4.42 Å². The molecule has 87 heavy (non-hydrogen) atoms. The molecule has 16 aromatic rings. The molecule has 0 saturated carbocycles. The van der Waals surface area contributed by atoms with E-state index in [4.69, 9.17) is 4.42 Å². The fourth-order valence-corrected chi connectivity index (χ4v) is 16.2. The number of furan rings is 1. The summed E-state index contributed by atoms with van der Waals surface area (Å²) in [4.78, 5) is 2.49. The lowest BCUT2D eigenvalue weighted by molar-refractivity contribution is 0.670. The van der Waals surface area contributed by atoms with Gasteiger partial charge in [0, 0.05) is 43.9 Å². The number of hydrogen-bond donors (Lipinski definition) is 0. The number of fused-ring (bicyclic) bond motifs is 19. The van der Waals surface area contributed by atoms with Gasteiger partial charge < -0.3 is 13.9 Å². The van der Waals surface area contributed by atoms with Gasteiger partial charge in [0.05, 0.1) is 33.2 Å². The number of rotatable bonds is 7. The quantitative estimate of drug-likeness (QED) is 0.159. The summed E-state index contributed by atoms with van der Waals surface area (Å²) in [6.07, 6.45) is 0. The smallest absolute Gasteiger partial charge is 0.143 e. The maximum atomic E-state index is 6.63. The number of nitrogens with zero attached hydrogens (tertiary/aromatic N) is 2. The lowest BCUT2D eigenvalue weighted by Gasteiger charge is -2.39. The van der Waals surface area contributed by atoms with Crippen LogP contribution in [-0.2, 0) is 10.8 Å². The maximum absolute atomic E-state index is 6.63. The minimum atomic E-state index is -0.581. The van der Waals surface area contributed by atoms with Crippen LogP contribution in [0.25, 0.3) is 105 Å². The van der Waals surface area contributed by atoms with Crippen molar-refractivity contribution in [1.29, 1.82) is 0 Å². The Kier molecular flexibility index (Phi) is 10.0. The molecule has 2 aromatic heterocycles. The third kappa shape index (κ3) is 6.44. The summed E-state index contributed by atoms with van der Waals surface area (Å²) in [5, 5.41) is 7.13. The van der Waals surface area contributed by atoms with Gasteiger partial charge in [-0.3, -0.25) is 0 Å². The van der Waals surface area contributed by atoms with E-state index in [0.29, 0.717) is 0 Å². The minimum absolute atomic E-state index is 0.570. The molecule has 1 aliphatic heterocycles. The first-order valence-electron chi connectivity index (χ1n) is 30.2. The first kappa shape index (κ1) is 48.1. The Morgan fingerprint density at radius 3 is 1.57 bits per heavy atom. The van der Waals surface area contributed by atoms with Crippen LogP contribution >= 0.6 is 0 Å². The highest BCUT2D eigenvalue weighted by Gasteiger charge is 2.51. The van der Waals surface area contributed by atoms with E-state index in [1.54, 1.807) is 0 Å². The van der Waals surface area contributed by atoms with Crippen LogP contribution in [0.2, 0.25) is 0 Å². The summed E-state index contributed by atoms with van der Waals surface area (Å²) >= 11 is 0. The monoisotopic (exact) mass is 1100 g/mol. The van der Waals surface area contributed by atoms with Crippen LogP contribution in [0, 0.1) is 0 Å². The van der Waals surface area contributed by atoms with Gasteiger partial charge in [-0.2, -0.15) is 0 Å². The standard InChI is InChI=1S/C84H52N2O/c1-3-21-55(22-4-1)83(56-23-5-2-6-24-56)71-34-13-9-26-62(71)65-48-46-58(52-76(65)83)85(57-44-41-53(42-45-57)60-31-19-33-70-68-30-12-18-40-80(68)87-82(60)70)78-50-49-59(61-25-7-8-28-66(61)78)54-43-47-64-63-27-10-14-35-72(63)84(75(64)51-54)73-36-15-17-39-79(73)86-77-38-16-11-29-67(77)69-32-20-37-74(84)81(69)86/h1-52H. The normalized spacial score (nSPS) is 14.8. The van der Waals surface area contributed by atoms with Gasteiger partial charge in [0.1, 0.15) is 11.2 Å². The molecule has 3 aliphatic rings. The van der Waals surface area contributed by atoms with E-state index in [9.17, 15) is 0 Å². The first-order valence-corrected chi connectivity index (χ1v) is 30.2. The number of anilines is 3. The summed E-state index contributed by atoms with van der Waals surface area (Å²) in [5.74, 6) is 0. The van der Waals surface area contributed by atoms with Crippen LogP contribution < -0.4 is 4.90 Å². The second kappa shape index (κ2) is 18.1. The summed E-state index contributed by atoms with van der Waals surface area (Å²) in [5.41, 5.74) is 27.4. The molecule has 0 amide bonds. The van der Waals surface area contributed by atoms with Crippen molar-refractivity contribution in [1.82, 2.24) is 4.57 Å². The Bertz CT molecular complexity index is 5500. The van der Waals surface area contributed by atoms with Crippen molar-refractivity contribution in [3.05, 3.63) is 360 Å². The van der Waals surface area contributed by atoms with Crippen LogP contribution in [0.3, 0.4) is 0 Å². The third-order valence-electron chi connectivity index (χ3n) is 19.7. The van der Waals surface area contributed by atoms with E-state index in [2.05, 4.69) is 319 Å². The molecule has 19 rings (SSSR count). The van der Waals surface area contributed by atoms with Gasteiger partial charge >= 0.3 is 0 Å². The average molecular weight is 1110 g/mol. The number of benzene rings is 14. The molecule has 0 fully saturated rings. The molecule has 2 aliphatic carbocycles. The zero-order valence-electron chi connectivity index (χ0n) is 47.3. The molecular formula is C84H52N2O. The van der Waals surface area contributed by atoms with Crippen LogP contribution in [0.1, 0.15) is 44.5 Å². The number of para-hydroxylation sites is 5. The van der Waals surface area contributed by atoms with Gasteiger partial charge in [0.25, 0.3) is 0 Å². The molecule has 0 bridgehead atoms. The van der Waals surface area contributed by atoms with Gasteiger partial charge in [0.15, 0.2) is 0 Å². The summed E-state index contributed by atoms with van der Waals surface area (Å²) in [7, 11) is 0. The van der Waals surface area contributed by atoms with Crippen LogP contribution in [-0.4, -0.2) is 4.57 Å². The van der Waals surface area contributed by atoms with E-state index >= 15 is 0 Å². The Morgan fingerprint density at radius 2 is 0.805 bits per heavy atom. The summed E-state index contributed by atoms with van der Waals surface area (Å²) in [6.45, 7) is 0. The number of hydrogen-bond acceptors (Lipinski definition) is 2. The molecule has 1 unspecified atom stereocenters. The Hall–Kier alpha value is -11.3. The van der Waals surface area contributed by atoms with E-state index in [1.807, 2.05) is 6.07 Å². The van der Waals surface area contributed by atoms with Crippen molar-refractivity contribution in [3.63, 3.8) is 0 Å². The molecule has 1 atom stereocenters. The van der Waals surface area contributed by atoms with Gasteiger partial charge in [-0.05, 0) is 143 Å². The molecule has 0 saturated heterocycles. The van der Waals surface area contributed by atoms with Crippen molar-refractivity contribution in [2.75, 3.05) is 4.90 Å². The molecule has 3 heteroatoms. The van der Waals surface area contributed by atoms with Crippen molar-refractivity contribution in [2.24, 2.45) is 0 Å². The Labute approximate surface area is 503 Å². The minimum Gasteiger partial charge on any atom is -0.455 e. The Morgan fingerprint density at radius 1 is 0.287 bits per heavy atom. The van der Waals surface area contributed by atoms with E-state index in [1.165, 1.54) is 111 Å². The molecule has 0 radical (unpaired) electrons. The number of aromatic nitrogens is 1. The van der Waals surface area contributed by atoms with Gasteiger partial charge in [-0.15, -0.1) is 0 Å². The molecular weight excluding hydrogens is 1050 g/mol. The van der Waals surface area contributed by atoms with Crippen molar-refractivity contribution >= 4 is 71.6 Å². The highest BCUT2D eigenvalue weighted by molar-refractivity contribution is 6.14. The van der Waals surface area contributed by atoms with Gasteiger partial charge in [0.2, 0.25) is 0 Å². The van der Waals surface area contributed by atoms with Crippen LogP contribution in [0.5, 0.6) is 0 Å². The van der Waals surface area contributed by atoms with E-state index in [-0.39, 0.29) is 0 Å². The highest BCUT2D eigenvalue weighted by Crippen LogP contribution is 2.62. The summed E-state index contributed by atoms with van der Waals surface area (Å²) in [6, 6.07) is 118. The molecule has 3 heterocycles. The van der Waals surface area contributed by atoms with Crippen molar-refractivity contribution in [2.45, 2.75) is 10.8 Å². The third-order valence-corrected chi connectivity index (χ3v) is 19.7. The first-order chi connectivity index (χ1) is 43.2. The highest BCUT2D eigenvalue weighted by atomic mass is 16.3. The molecule has 0 N–H and O–H groups in total. The van der Waals surface area contributed by atoms with Crippen molar-refractivity contribution in [3.8, 4) is 50.2 Å².